The van der Waals surface area contributed by atoms with Gasteiger partial charge in [-0.05, 0) is 41.9 Å². The molecule has 0 aliphatic heterocycles. The molecule has 142 valence electrons. The molecular weight excluding hydrogens is 344 g/mol. The molecule has 26 heavy (non-hydrogen) atoms. The van der Waals surface area contributed by atoms with Crippen LogP contribution in [0.3, 0.4) is 0 Å². The van der Waals surface area contributed by atoms with Crippen LogP contribution in [-0.2, 0) is 16.0 Å². The predicted octanol–water partition coefficient (Wildman–Crippen LogP) is 4.91. The van der Waals surface area contributed by atoms with Gasteiger partial charge in [0.2, 0.25) is 0 Å². The molecule has 0 spiro atoms. The highest BCUT2D eigenvalue weighted by Gasteiger charge is 2.17. The lowest BCUT2D eigenvalue weighted by atomic mass is 10.0. The van der Waals surface area contributed by atoms with Gasteiger partial charge in [0.05, 0.1) is 13.2 Å². The Morgan fingerprint density at radius 1 is 1.31 bits per heavy atom. The van der Waals surface area contributed by atoms with Crippen LogP contribution in [0.2, 0.25) is 0 Å². The maximum absolute atomic E-state index is 11.1. The lowest BCUT2D eigenvalue weighted by Gasteiger charge is -2.12. The summed E-state index contributed by atoms with van der Waals surface area (Å²) in [5.41, 5.74) is 1.16. The van der Waals surface area contributed by atoms with Crippen LogP contribution >= 0.6 is 11.8 Å². The first-order chi connectivity index (χ1) is 12.7. The van der Waals surface area contributed by atoms with Crippen molar-refractivity contribution in [3.63, 3.8) is 0 Å². The Bertz CT molecular complexity index is 595. The van der Waals surface area contributed by atoms with Gasteiger partial charge < -0.3 is 9.84 Å². The summed E-state index contributed by atoms with van der Waals surface area (Å²) in [4.78, 5) is 12.5. The van der Waals surface area contributed by atoms with E-state index in [4.69, 9.17) is 0 Å². The molecule has 0 aromatic heterocycles. The van der Waals surface area contributed by atoms with E-state index >= 15 is 0 Å². The normalized spacial score (nSPS) is 18.1. The molecule has 1 aliphatic carbocycles. The van der Waals surface area contributed by atoms with Crippen LogP contribution in [-0.4, -0.2) is 30.0 Å². The number of thioether (sulfide) groups is 1. The van der Waals surface area contributed by atoms with Gasteiger partial charge >= 0.3 is 5.97 Å². The summed E-state index contributed by atoms with van der Waals surface area (Å²) in [6.45, 7) is 0. The van der Waals surface area contributed by atoms with Crippen LogP contribution in [0.5, 0.6) is 0 Å². The molecule has 3 nitrogen and oxygen atoms in total. The van der Waals surface area contributed by atoms with E-state index in [0.29, 0.717) is 18.8 Å². The molecule has 4 heteroatoms. The number of allylic oxidation sites excluding steroid dienone is 3. The number of carbonyl (C=O) groups is 1. The van der Waals surface area contributed by atoms with Gasteiger partial charge in [-0.15, -0.1) is 11.8 Å². The van der Waals surface area contributed by atoms with Crippen LogP contribution in [0.1, 0.15) is 44.1 Å². The summed E-state index contributed by atoms with van der Waals surface area (Å²) < 4.78 is 4.65. The molecule has 1 aliphatic rings. The first kappa shape index (κ1) is 20.8. The van der Waals surface area contributed by atoms with E-state index in [0.717, 1.165) is 43.4 Å². The molecule has 0 radical (unpaired) electrons. The topological polar surface area (TPSA) is 46.5 Å². The standard InChI is InChI=1S/C22H30O3S/c1-25-22(24)13-6-3-7-16-26-21-12-8-11-19(21)14-15-20(23)17-18-9-4-2-5-10-18/h2,4-5,9-10,12,14-15,19-20,23H,3,6-8,11,13,16-17H2,1H3/b15-14+. The highest BCUT2D eigenvalue weighted by atomic mass is 32.2. The number of aliphatic hydroxyl groups is 1. The fourth-order valence-electron chi connectivity index (χ4n) is 3.08. The lowest BCUT2D eigenvalue weighted by Crippen LogP contribution is -2.07. The Balaban J connectivity index is 1.66. The third-order valence-corrected chi connectivity index (χ3v) is 5.86. The molecule has 2 atom stereocenters. The third kappa shape index (κ3) is 7.79. The minimum Gasteiger partial charge on any atom is -0.469 e. The highest BCUT2D eigenvalue weighted by molar-refractivity contribution is 8.03. The first-order valence-corrected chi connectivity index (χ1v) is 10.5. The van der Waals surface area contributed by atoms with Crippen LogP contribution in [0.15, 0.2) is 53.5 Å². The summed E-state index contributed by atoms with van der Waals surface area (Å²) in [6, 6.07) is 10.1. The minimum atomic E-state index is -0.428. The molecular formula is C22H30O3S. The molecule has 0 amide bonds. The fourth-order valence-corrected chi connectivity index (χ4v) is 4.31. The summed E-state index contributed by atoms with van der Waals surface area (Å²) in [5.74, 6) is 1.42. The Morgan fingerprint density at radius 2 is 2.12 bits per heavy atom. The lowest BCUT2D eigenvalue weighted by molar-refractivity contribution is -0.140. The van der Waals surface area contributed by atoms with E-state index in [1.54, 1.807) is 0 Å². The second kappa shape index (κ2) is 12.0. The number of unbranched alkanes of at least 4 members (excludes halogenated alkanes) is 2. The molecule has 0 saturated carbocycles. The van der Waals surface area contributed by atoms with Crippen molar-refractivity contribution < 1.29 is 14.6 Å². The second-order valence-electron chi connectivity index (χ2n) is 6.67. The van der Waals surface area contributed by atoms with Crippen LogP contribution in [0.4, 0.5) is 0 Å². The van der Waals surface area contributed by atoms with E-state index in [2.05, 4.69) is 16.9 Å². The Kier molecular flexibility index (Phi) is 9.57. The Labute approximate surface area is 161 Å². The molecule has 0 saturated heterocycles. The van der Waals surface area contributed by atoms with Gasteiger partial charge in [0.25, 0.3) is 0 Å². The van der Waals surface area contributed by atoms with Crippen molar-refractivity contribution in [3.05, 3.63) is 59.0 Å². The largest absolute Gasteiger partial charge is 0.469 e. The molecule has 0 bridgehead atoms. The van der Waals surface area contributed by atoms with Crippen LogP contribution in [0.25, 0.3) is 0 Å². The number of methoxy groups -OCH3 is 1. The number of aliphatic hydroxyl groups excluding tert-OH is 1. The molecule has 1 aromatic carbocycles. The number of rotatable bonds is 11. The Morgan fingerprint density at radius 3 is 2.88 bits per heavy atom. The van der Waals surface area contributed by atoms with E-state index in [-0.39, 0.29) is 5.97 Å². The molecule has 1 N–H and O–H groups in total. The fraction of sp³-hybridized carbons (Fsp3) is 0.500. The van der Waals surface area contributed by atoms with Gasteiger partial charge in [-0.2, -0.15) is 0 Å². The van der Waals surface area contributed by atoms with Gasteiger partial charge in [0, 0.05) is 18.8 Å². The van der Waals surface area contributed by atoms with Crippen molar-refractivity contribution in [2.24, 2.45) is 5.92 Å². The van der Waals surface area contributed by atoms with Gasteiger partial charge in [0.15, 0.2) is 0 Å². The highest BCUT2D eigenvalue weighted by Crippen LogP contribution is 2.36. The van der Waals surface area contributed by atoms with Gasteiger partial charge in [-0.25, -0.2) is 0 Å². The quantitative estimate of drug-likeness (QED) is 0.340. The maximum atomic E-state index is 11.1. The molecule has 2 unspecified atom stereocenters. The maximum Gasteiger partial charge on any atom is 0.305 e. The molecule has 2 rings (SSSR count). The summed E-state index contributed by atoms with van der Waals surface area (Å²) >= 11 is 1.92. The smallest absolute Gasteiger partial charge is 0.305 e. The summed E-state index contributed by atoms with van der Waals surface area (Å²) in [6.07, 6.45) is 12.6. The number of hydrogen-bond acceptors (Lipinski definition) is 4. The number of carbonyl (C=O) groups excluding carboxylic acids is 1. The van der Waals surface area contributed by atoms with Crippen molar-refractivity contribution >= 4 is 17.7 Å². The van der Waals surface area contributed by atoms with E-state index in [1.807, 2.05) is 48.2 Å². The zero-order chi connectivity index (χ0) is 18.6. The van der Waals surface area contributed by atoms with E-state index in [1.165, 1.54) is 12.0 Å². The molecule has 1 aromatic rings. The van der Waals surface area contributed by atoms with Gasteiger partial charge in [-0.1, -0.05) is 55.0 Å². The van der Waals surface area contributed by atoms with Crippen molar-refractivity contribution in [3.8, 4) is 0 Å². The molecule has 0 heterocycles. The van der Waals surface area contributed by atoms with E-state index < -0.39 is 6.10 Å². The third-order valence-electron chi connectivity index (χ3n) is 4.56. The van der Waals surface area contributed by atoms with Crippen LogP contribution in [0, 0.1) is 5.92 Å². The number of hydrogen-bond donors (Lipinski definition) is 1. The minimum absolute atomic E-state index is 0.115. The number of ether oxygens (including phenoxy) is 1. The van der Waals surface area contributed by atoms with Crippen molar-refractivity contribution in [1.29, 1.82) is 0 Å². The van der Waals surface area contributed by atoms with Crippen molar-refractivity contribution in [1.82, 2.24) is 0 Å². The zero-order valence-corrected chi connectivity index (χ0v) is 16.4. The molecule has 0 fully saturated rings. The average Bonchev–Trinajstić information content (AvgIpc) is 3.10. The summed E-state index contributed by atoms with van der Waals surface area (Å²) in [7, 11) is 1.44. The SMILES string of the molecule is COC(=O)CCCCCSC1=CCCC1/C=C/C(O)Cc1ccccc1. The Hall–Kier alpha value is -1.52. The zero-order valence-electron chi connectivity index (χ0n) is 15.6. The van der Waals surface area contributed by atoms with Gasteiger partial charge in [-0.3, -0.25) is 4.79 Å². The number of esters is 1. The second-order valence-corrected chi connectivity index (χ2v) is 7.84. The van der Waals surface area contributed by atoms with Crippen molar-refractivity contribution in [2.75, 3.05) is 12.9 Å². The predicted molar refractivity (Wildman–Crippen MR) is 109 cm³/mol. The van der Waals surface area contributed by atoms with E-state index in [9.17, 15) is 9.90 Å². The number of benzene rings is 1. The van der Waals surface area contributed by atoms with Gasteiger partial charge in [0.1, 0.15) is 0 Å². The average molecular weight is 375 g/mol. The van der Waals surface area contributed by atoms with Crippen molar-refractivity contribution in [2.45, 2.75) is 51.0 Å². The monoisotopic (exact) mass is 374 g/mol. The first-order valence-electron chi connectivity index (χ1n) is 9.49. The van der Waals surface area contributed by atoms with Crippen LogP contribution < -0.4 is 0 Å². The summed E-state index contributed by atoms with van der Waals surface area (Å²) in [5, 5.41) is 10.2.